The van der Waals surface area contributed by atoms with Gasteiger partial charge >= 0.3 is 0 Å². The van der Waals surface area contributed by atoms with Crippen LogP contribution in [0.25, 0.3) is 6.08 Å². The van der Waals surface area contributed by atoms with Crippen molar-refractivity contribution in [3.05, 3.63) is 29.8 Å². The summed E-state index contributed by atoms with van der Waals surface area (Å²) >= 11 is 0. The van der Waals surface area contributed by atoms with Crippen molar-refractivity contribution in [1.82, 2.24) is 5.32 Å². The van der Waals surface area contributed by atoms with Crippen molar-refractivity contribution in [3.63, 3.8) is 0 Å². The Morgan fingerprint density at radius 1 is 1.24 bits per heavy atom. The fourth-order valence-electron chi connectivity index (χ4n) is 1.98. The Labute approximate surface area is 127 Å². The van der Waals surface area contributed by atoms with Gasteiger partial charge in [-0.25, -0.2) is 0 Å². The zero-order chi connectivity index (χ0) is 15.7. The largest absolute Gasteiger partial charge is 0.493 e. The van der Waals surface area contributed by atoms with Crippen molar-refractivity contribution in [3.8, 4) is 11.5 Å². The van der Waals surface area contributed by atoms with Gasteiger partial charge in [0.05, 0.1) is 13.7 Å². The van der Waals surface area contributed by atoms with Crippen LogP contribution in [0, 0.1) is 0 Å². The third-order valence-electron chi connectivity index (χ3n) is 3.25. The van der Waals surface area contributed by atoms with Crippen LogP contribution in [-0.2, 0) is 4.79 Å². The SMILES string of the molecule is CCOc1cc(/C=C/C(=O)NC(CC)CC)ccc1OC. The second-order valence-corrected chi connectivity index (χ2v) is 4.70. The van der Waals surface area contributed by atoms with Gasteiger partial charge in [-0.05, 0) is 43.5 Å². The molecule has 1 aromatic rings. The summed E-state index contributed by atoms with van der Waals surface area (Å²) < 4.78 is 10.7. The maximum absolute atomic E-state index is 11.8. The highest BCUT2D eigenvalue weighted by Crippen LogP contribution is 2.28. The Morgan fingerprint density at radius 3 is 2.52 bits per heavy atom. The first-order chi connectivity index (χ1) is 10.1. The number of ether oxygens (including phenoxy) is 2. The van der Waals surface area contributed by atoms with Crippen molar-refractivity contribution in [2.45, 2.75) is 39.7 Å². The summed E-state index contributed by atoms with van der Waals surface area (Å²) in [5.41, 5.74) is 0.902. The van der Waals surface area contributed by atoms with Gasteiger partial charge < -0.3 is 14.8 Å². The van der Waals surface area contributed by atoms with E-state index in [-0.39, 0.29) is 11.9 Å². The lowest BCUT2D eigenvalue weighted by atomic mass is 10.1. The molecule has 116 valence electrons. The Kier molecular flexibility index (Phi) is 7.37. The standard InChI is InChI=1S/C17H25NO3/c1-5-14(6-2)18-17(19)11-9-13-8-10-15(20-4)16(12-13)21-7-3/h8-12,14H,5-7H2,1-4H3,(H,18,19)/b11-9+. The molecule has 0 bridgehead atoms. The smallest absolute Gasteiger partial charge is 0.244 e. The van der Waals surface area contributed by atoms with Gasteiger partial charge in [-0.15, -0.1) is 0 Å². The predicted molar refractivity (Wildman–Crippen MR) is 85.7 cm³/mol. The summed E-state index contributed by atoms with van der Waals surface area (Å²) in [4.78, 5) is 11.8. The van der Waals surface area contributed by atoms with E-state index in [1.54, 1.807) is 19.3 Å². The molecule has 1 amide bonds. The number of methoxy groups -OCH3 is 1. The van der Waals surface area contributed by atoms with Crippen LogP contribution in [-0.4, -0.2) is 25.7 Å². The molecule has 1 aromatic carbocycles. The molecule has 0 unspecified atom stereocenters. The number of amides is 1. The predicted octanol–water partition coefficient (Wildman–Crippen LogP) is 3.41. The molecular weight excluding hydrogens is 266 g/mol. The summed E-state index contributed by atoms with van der Waals surface area (Å²) in [5.74, 6) is 1.30. The normalized spacial score (nSPS) is 10.9. The lowest BCUT2D eigenvalue weighted by Crippen LogP contribution is -2.32. The molecule has 0 aliphatic carbocycles. The monoisotopic (exact) mass is 291 g/mol. The molecule has 1 N–H and O–H groups in total. The summed E-state index contributed by atoms with van der Waals surface area (Å²) in [6.07, 6.45) is 5.20. The van der Waals surface area contributed by atoms with Crippen LogP contribution in [0.1, 0.15) is 39.2 Å². The van der Waals surface area contributed by atoms with E-state index in [1.165, 1.54) is 0 Å². The van der Waals surface area contributed by atoms with Crippen LogP contribution in [0.5, 0.6) is 11.5 Å². The highest BCUT2D eigenvalue weighted by Gasteiger charge is 2.06. The van der Waals surface area contributed by atoms with Gasteiger partial charge in [-0.3, -0.25) is 4.79 Å². The fraction of sp³-hybridized carbons (Fsp3) is 0.471. The third kappa shape index (κ3) is 5.50. The van der Waals surface area contributed by atoms with Crippen LogP contribution in [0.3, 0.4) is 0 Å². The van der Waals surface area contributed by atoms with Crippen LogP contribution < -0.4 is 14.8 Å². The van der Waals surface area contributed by atoms with Gasteiger partial charge in [0.2, 0.25) is 5.91 Å². The molecule has 0 aliphatic rings. The van der Waals surface area contributed by atoms with E-state index in [1.807, 2.05) is 25.1 Å². The molecule has 0 heterocycles. The zero-order valence-corrected chi connectivity index (χ0v) is 13.3. The quantitative estimate of drug-likeness (QED) is 0.747. The maximum atomic E-state index is 11.8. The number of rotatable bonds is 8. The highest BCUT2D eigenvalue weighted by molar-refractivity contribution is 5.92. The number of nitrogens with one attached hydrogen (secondary N) is 1. The van der Waals surface area contributed by atoms with Crippen molar-refractivity contribution >= 4 is 12.0 Å². The van der Waals surface area contributed by atoms with E-state index in [4.69, 9.17) is 9.47 Å². The topological polar surface area (TPSA) is 47.6 Å². The number of hydrogen-bond acceptors (Lipinski definition) is 3. The molecule has 0 fully saturated rings. The average molecular weight is 291 g/mol. The van der Waals surface area contributed by atoms with Gasteiger partial charge in [-0.2, -0.15) is 0 Å². The first kappa shape index (κ1) is 17.1. The molecule has 21 heavy (non-hydrogen) atoms. The Balaban J connectivity index is 2.75. The number of carbonyl (C=O) groups excluding carboxylic acids is 1. The van der Waals surface area contributed by atoms with Crippen molar-refractivity contribution < 1.29 is 14.3 Å². The molecule has 0 saturated carbocycles. The second kappa shape index (κ2) is 9.06. The Bertz CT molecular complexity index is 479. The van der Waals surface area contributed by atoms with Gasteiger partial charge in [0.1, 0.15) is 0 Å². The van der Waals surface area contributed by atoms with E-state index in [2.05, 4.69) is 19.2 Å². The summed E-state index contributed by atoms with van der Waals surface area (Å²) in [6, 6.07) is 5.83. The van der Waals surface area contributed by atoms with Gasteiger partial charge in [0.15, 0.2) is 11.5 Å². The van der Waals surface area contributed by atoms with Crippen molar-refractivity contribution in [1.29, 1.82) is 0 Å². The molecule has 1 rings (SSSR count). The fourth-order valence-corrected chi connectivity index (χ4v) is 1.98. The lowest BCUT2D eigenvalue weighted by Gasteiger charge is -2.12. The number of hydrogen-bond donors (Lipinski definition) is 1. The first-order valence-corrected chi connectivity index (χ1v) is 7.43. The Hall–Kier alpha value is -1.97. The minimum Gasteiger partial charge on any atom is -0.493 e. The molecule has 0 aromatic heterocycles. The van der Waals surface area contributed by atoms with Crippen LogP contribution in [0.4, 0.5) is 0 Å². The Morgan fingerprint density at radius 2 is 1.95 bits per heavy atom. The van der Waals surface area contributed by atoms with Gasteiger partial charge in [-0.1, -0.05) is 19.9 Å². The summed E-state index contributed by atoms with van der Waals surface area (Å²) in [7, 11) is 1.61. The van der Waals surface area contributed by atoms with E-state index in [9.17, 15) is 4.79 Å². The molecule has 0 atom stereocenters. The van der Waals surface area contributed by atoms with Crippen LogP contribution >= 0.6 is 0 Å². The third-order valence-corrected chi connectivity index (χ3v) is 3.25. The molecule has 4 heteroatoms. The first-order valence-electron chi connectivity index (χ1n) is 7.43. The highest BCUT2D eigenvalue weighted by atomic mass is 16.5. The minimum atomic E-state index is -0.0718. The van der Waals surface area contributed by atoms with Crippen LogP contribution in [0.2, 0.25) is 0 Å². The van der Waals surface area contributed by atoms with Gasteiger partial charge in [0, 0.05) is 12.1 Å². The molecule has 0 aliphatic heterocycles. The van der Waals surface area contributed by atoms with E-state index in [0.717, 1.165) is 18.4 Å². The molecular formula is C17H25NO3. The van der Waals surface area contributed by atoms with E-state index >= 15 is 0 Å². The molecule has 4 nitrogen and oxygen atoms in total. The zero-order valence-electron chi connectivity index (χ0n) is 13.3. The maximum Gasteiger partial charge on any atom is 0.244 e. The summed E-state index contributed by atoms with van der Waals surface area (Å²) in [5, 5.41) is 2.97. The van der Waals surface area contributed by atoms with Gasteiger partial charge in [0.25, 0.3) is 0 Å². The van der Waals surface area contributed by atoms with E-state index < -0.39 is 0 Å². The molecule has 0 radical (unpaired) electrons. The summed E-state index contributed by atoms with van der Waals surface area (Å²) in [6.45, 7) is 6.62. The van der Waals surface area contributed by atoms with Crippen LogP contribution in [0.15, 0.2) is 24.3 Å². The molecule has 0 spiro atoms. The van der Waals surface area contributed by atoms with Crippen molar-refractivity contribution in [2.75, 3.05) is 13.7 Å². The number of carbonyl (C=O) groups is 1. The average Bonchev–Trinajstić information content (AvgIpc) is 2.51. The van der Waals surface area contributed by atoms with Crippen molar-refractivity contribution in [2.24, 2.45) is 0 Å². The molecule has 0 saturated heterocycles. The van der Waals surface area contributed by atoms with E-state index in [0.29, 0.717) is 18.1 Å². The number of benzene rings is 1. The second-order valence-electron chi connectivity index (χ2n) is 4.70. The lowest BCUT2D eigenvalue weighted by molar-refractivity contribution is -0.117. The minimum absolute atomic E-state index is 0.0718.